The number of hydrogen-bond donors (Lipinski definition) is 1. The fourth-order valence-electron chi connectivity index (χ4n) is 2.88. The molecule has 0 amide bonds. The molecule has 144 valence electrons. The lowest BCUT2D eigenvalue weighted by atomic mass is 9.98. The van der Waals surface area contributed by atoms with E-state index in [1.807, 2.05) is 26.8 Å². The summed E-state index contributed by atoms with van der Waals surface area (Å²) in [6.45, 7) is 6.99. The number of nitriles is 1. The van der Waals surface area contributed by atoms with Gasteiger partial charge in [0.05, 0.1) is 17.7 Å². The molecule has 0 saturated carbocycles. The van der Waals surface area contributed by atoms with Crippen LogP contribution in [-0.2, 0) is 16.1 Å². The Morgan fingerprint density at radius 3 is 2.67 bits per heavy atom. The molecule has 0 aromatic heterocycles. The minimum atomic E-state index is -0.587. The molecule has 0 aliphatic heterocycles. The van der Waals surface area contributed by atoms with E-state index in [-0.39, 0.29) is 5.54 Å². The van der Waals surface area contributed by atoms with Crippen molar-refractivity contribution in [2.24, 2.45) is 0 Å². The minimum Gasteiger partial charge on any atom is -0.369 e. The van der Waals surface area contributed by atoms with Gasteiger partial charge in [0, 0.05) is 29.3 Å². The van der Waals surface area contributed by atoms with E-state index < -0.39 is 11.8 Å². The zero-order valence-electron chi connectivity index (χ0n) is 16.1. The van der Waals surface area contributed by atoms with E-state index in [1.54, 1.807) is 12.1 Å². The number of halogens is 1. The molecule has 2 rings (SSSR count). The Morgan fingerprint density at radius 2 is 2.19 bits per heavy atom. The summed E-state index contributed by atoms with van der Waals surface area (Å²) in [4.78, 5) is 25.5. The van der Waals surface area contributed by atoms with Crippen LogP contribution in [-0.4, -0.2) is 35.1 Å². The number of aldehydes is 1. The van der Waals surface area contributed by atoms with Gasteiger partial charge in [-0.25, -0.2) is 0 Å². The first-order valence-corrected chi connectivity index (χ1v) is 9.56. The molecule has 0 radical (unpaired) electrons. The summed E-state index contributed by atoms with van der Waals surface area (Å²) in [5.74, 6) is -0.452. The second kappa shape index (κ2) is 9.16. The van der Waals surface area contributed by atoms with Crippen LogP contribution in [0.1, 0.15) is 51.2 Å². The molecular formula is C21H26ClN3O2. The molecular weight excluding hydrogens is 362 g/mol. The third kappa shape index (κ3) is 5.66. The van der Waals surface area contributed by atoms with Crippen LogP contribution in [0.4, 0.5) is 0 Å². The van der Waals surface area contributed by atoms with Crippen molar-refractivity contribution in [3.8, 4) is 6.07 Å². The second-order valence-electron chi connectivity index (χ2n) is 7.49. The number of hydrogen-bond acceptors (Lipinski definition) is 5. The molecule has 27 heavy (non-hydrogen) atoms. The smallest absolute Gasteiger partial charge is 0.213 e. The lowest BCUT2D eigenvalue weighted by Gasteiger charge is -2.37. The minimum absolute atomic E-state index is 0.255. The van der Waals surface area contributed by atoms with Gasteiger partial charge < -0.3 is 10.2 Å². The summed E-state index contributed by atoms with van der Waals surface area (Å²) >= 11 is 6.34. The van der Waals surface area contributed by atoms with Crippen LogP contribution in [0.15, 0.2) is 30.0 Å². The van der Waals surface area contributed by atoms with Crippen LogP contribution in [0.25, 0.3) is 0 Å². The number of nitrogens with zero attached hydrogens (tertiary/aromatic N) is 2. The van der Waals surface area contributed by atoms with Crippen molar-refractivity contribution < 1.29 is 9.59 Å². The number of benzene rings is 1. The normalized spacial score (nSPS) is 14.6. The number of carbonyl (C=O) groups is 2. The maximum absolute atomic E-state index is 12.2. The Morgan fingerprint density at radius 1 is 1.48 bits per heavy atom. The summed E-state index contributed by atoms with van der Waals surface area (Å²) in [5, 5.41) is 12.8. The first kappa shape index (κ1) is 21.1. The Balaban J connectivity index is 2.23. The van der Waals surface area contributed by atoms with Crippen molar-refractivity contribution in [2.75, 3.05) is 6.54 Å². The number of rotatable bonds is 10. The predicted octanol–water partition coefficient (Wildman–Crippen LogP) is 3.61. The van der Waals surface area contributed by atoms with Crippen molar-refractivity contribution in [3.63, 3.8) is 0 Å². The van der Waals surface area contributed by atoms with Gasteiger partial charge in [0.25, 0.3) is 0 Å². The zero-order chi connectivity index (χ0) is 20.0. The number of carbonyl (C=O) groups excluding carboxylic acids is 2. The average molecular weight is 388 g/mol. The van der Waals surface area contributed by atoms with E-state index in [1.165, 1.54) is 0 Å². The standard InChI is InChI=1S/C21H26ClN3O2/c1-4-21(2,3)24-19(20(27)14-26)13-25(17-6-5-7-17)12-16-9-8-15(11-23)10-18(16)22/h6,8-10,14,19,24H,4-5,7,12-13H2,1-3H3. The highest BCUT2D eigenvalue weighted by Gasteiger charge is 2.29. The SMILES string of the molecule is CCC(C)(C)NC(CN(Cc1ccc(C#N)cc1Cl)C1=CCC1)C(=O)C=O. The maximum atomic E-state index is 12.2. The zero-order valence-corrected chi connectivity index (χ0v) is 16.8. The van der Waals surface area contributed by atoms with Crippen LogP contribution < -0.4 is 5.32 Å². The first-order valence-electron chi connectivity index (χ1n) is 9.19. The molecule has 1 N–H and O–H groups in total. The predicted molar refractivity (Wildman–Crippen MR) is 106 cm³/mol. The van der Waals surface area contributed by atoms with Crippen molar-refractivity contribution in [2.45, 2.75) is 58.2 Å². The molecule has 1 unspecified atom stereocenters. The third-order valence-electron chi connectivity index (χ3n) is 5.04. The lowest BCUT2D eigenvalue weighted by molar-refractivity contribution is -0.131. The first-order chi connectivity index (χ1) is 12.8. The van der Waals surface area contributed by atoms with Crippen LogP contribution in [0, 0.1) is 11.3 Å². The second-order valence-corrected chi connectivity index (χ2v) is 7.89. The van der Waals surface area contributed by atoms with Crippen molar-refractivity contribution >= 4 is 23.7 Å². The van der Waals surface area contributed by atoms with Crippen LogP contribution in [0.5, 0.6) is 0 Å². The van der Waals surface area contributed by atoms with Crippen molar-refractivity contribution in [1.29, 1.82) is 5.26 Å². The van der Waals surface area contributed by atoms with Crippen LogP contribution in [0.3, 0.4) is 0 Å². The summed E-state index contributed by atoms with van der Waals surface area (Å²) in [7, 11) is 0. The lowest BCUT2D eigenvalue weighted by Crippen LogP contribution is -2.54. The van der Waals surface area contributed by atoms with Gasteiger partial charge in [-0.05, 0) is 50.8 Å². The number of Topliss-reactive ketones (excluding diaryl/α,β-unsaturated/α-hetero) is 1. The molecule has 0 fully saturated rings. The third-order valence-corrected chi connectivity index (χ3v) is 5.39. The molecule has 0 heterocycles. The monoisotopic (exact) mass is 387 g/mol. The Kier molecular flexibility index (Phi) is 7.18. The Hall–Kier alpha value is -2.16. The van der Waals surface area contributed by atoms with Gasteiger partial charge in [0.1, 0.15) is 0 Å². The fraction of sp³-hybridized carbons (Fsp3) is 0.476. The highest BCUT2D eigenvalue weighted by molar-refractivity contribution is 6.31. The van der Waals surface area contributed by atoms with E-state index in [2.05, 4.69) is 22.4 Å². The molecule has 5 nitrogen and oxygen atoms in total. The molecule has 1 aliphatic rings. The average Bonchev–Trinajstić information content (AvgIpc) is 2.60. The van der Waals surface area contributed by atoms with E-state index >= 15 is 0 Å². The van der Waals surface area contributed by atoms with Gasteiger partial charge in [-0.2, -0.15) is 5.26 Å². The highest BCUT2D eigenvalue weighted by atomic mass is 35.5. The largest absolute Gasteiger partial charge is 0.369 e. The Labute approximate surface area is 166 Å². The molecule has 6 heteroatoms. The molecule has 1 aromatic rings. The van der Waals surface area contributed by atoms with Crippen molar-refractivity contribution in [3.05, 3.63) is 46.1 Å². The van der Waals surface area contributed by atoms with Gasteiger partial charge in [-0.1, -0.05) is 30.7 Å². The number of nitrogens with one attached hydrogen (secondary N) is 1. The van der Waals surface area contributed by atoms with Gasteiger partial charge in [-0.15, -0.1) is 0 Å². The number of allylic oxidation sites excluding steroid dienone is 2. The highest BCUT2D eigenvalue weighted by Crippen LogP contribution is 2.27. The topological polar surface area (TPSA) is 73.2 Å². The number of ketones is 1. The fourth-order valence-corrected chi connectivity index (χ4v) is 3.12. The maximum Gasteiger partial charge on any atom is 0.213 e. The summed E-state index contributed by atoms with van der Waals surface area (Å²) in [6, 6.07) is 6.72. The Bertz CT molecular complexity index is 780. The molecule has 0 bridgehead atoms. The molecule has 0 spiro atoms. The van der Waals surface area contributed by atoms with Gasteiger partial charge in [0.15, 0.2) is 6.29 Å². The van der Waals surface area contributed by atoms with Gasteiger partial charge in [-0.3, -0.25) is 9.59 Å². The summed E-state index contributed by atoms with van der Waals surface area (Å²) in [5.41, 5.74) is 2.29. The van der Waals surface area contributed by atoms with Crippen LogP contribution in [0.2, 0.25) is 5.02 Å². The molecule has 1 aromatic carbocycles. The molecule has 1 aliphatic carbocycles. The van der Waals surface area contributed by atoms with E-state index in [4.69, 9.17) is 16.9 Å². The van der Waals surface area contributed by atoms with Crippen molar-refractivity contribution in [1.82, 2.24) is 10.2 Å². The molecule has 0 saturated heterocycles. The molecule has 1 atom stereocenters. The summed E-state index contributed by atoms with van der Waals surface area (Å²) in [6.07, 6.45) is 5.30. The quantitative estimate of drug-likeness (QED) is 0.490. The van der Waals surface area contributed by atoms with Gasteiger partial charge in [0.2, 0.25) is 5.78 Å². The van der Waals surface area contributed by atoms with Crippen LogP contribution >= 0.6 is 11.6 Å². The van der Waals surface area contributed by atoms with E-state index in [0.717, 1.165) is 30.5 Å². The van der Waals surface area contributed by atoms with Gasteiger partial charge >= 0.3 is 0 Å². The van der Waals surface area contributed by atoms with E-state index in [0.29, 0.717) is 30.0 Å². The summed E-state index contributed by atoms with van der Waals surface area (Å²) < 4.78 is 0. The van der Waals surface area contributed by atoms with E-state index in [9.17, 15) is 9.59 Å².